The number of hydrogen-bond acceptors (Lipinski definition) is 3. The zero-order valence-electron chi connectivity index (χ0n) is 15.2. The molecule has 0 bridgehead atoms. The minimum absolute atomic E-state index is 0.227. The molecule has 0 aromatic heterocycles. The third-order valence-electron chi connectivity index (χ3n) is 4.86. The van der Waals surface area contributed by atoms with Crippen LogP contribution < -0.4 is 10.2 Å². The highest BCUT2D eigenvalue weighted by Crippen LogP contribution is 2.30. The van der Waals surface area contributed by atoms with E-state index in [0.717, 1.165) is 50.5 Å². The van der Waals surface area contributed by atoms with Gasteiger partial charge in [0.1, 0.15) is 5.60 Å². The highest BCUT2D eigenvalue weighted by atomic mass is 16.6. The number of piperidine rings is 1. The molecule has 1 saturated heterocycles. The van der Waals surface area contributed by atoms with Gasteiger partial charge in [0.05, 0.1) is 5.69 Å². The number of anilines is 1. The van der Waals surface area contributed by atoms with Gasteiger partial charge in [-0.3, -0.25) is 4.90 Å². The molecule has 0 atom stereocenters. The molecule has 2 heterocycles. The van der Waals surface area contributed by atoms with Crippen LogP contribution in [0.15, 0.2) is 18.2 Å². The summed E-state index contributed by atoms with van der Waals surface area (Å²) in [4.78, 5) is 14.3. The second-order valence-electron chi connectivity index (χ2n) is 8.10. The van der Waals surface area contributed by atoms with Gasteiger partial charge in [-0.1, -0.05) is 12.1 Å². The lowest BCUT2D eigenvalue weighted by atomic mass is 9.89. The number of nitrogens with one attached hydrogen (secondary N) is 1. The number of nitrogens with zero attached hydrogens (tertiary/aromatic N) is 1. The molecular formula is C20H30N2O2. The lowest BCUT2D eigenvalue weighted by Gasteiger charge is -2.32. The van der Waals surface area contributed by atoms with Crippen LogP contribution in [-0.2, 0) is 17.6 Å². The van der Waals surface area contributed by atoms with Gasteiger partial charge in [0, 0.05) is 6.54 Å². The van der Waals surface area contributed by atoms with Crippen LogP contribution in [0.2, 0.25) is 0 Å². The fraction of sp³-hybridized carbons (Fsp3) is 0.650. The highest BCUT2D eigenvalue weighted by molar-refractivity contribution is 5.89. The second-order valence-corrected chi connectivity index (χ2v) is 8.10. The number of rotatable bonds is 2. The quantitative estimate of drug-likeness (QED) is 0.894. The lowest BCUT2D eigenvalue weighted by Crippen LogP contribution is -2.39. The van der Waals surface area contributed by atoms with Crippen molar-refractivity contribution in [1.82, 2.24) is 5.32 Å². The number of hydrogen-bond donors (Lipinski definition) is 1. The van der Waals surface area contributed by atoms with E-state index in [9.17, 15) is 4.79 Å². The lowest BCUT2D eigenvalue weighted by molar-refractivity contribution is 0.0578. The number of ether oxygens (including phenoxy) is 1. The van der Waals surface area contributed by atoms with E-state index in [1.807, 2.05) is 20.8 Å². The third kappa shape index (κ3) is 4.29. The summed E-state index contributed by atoms with van der Waals surface area (Å²) < 4.78 is 5.57. The van der Waals surface area contributed by atoms with Gasteiger partial charge in [-0.2, -0.15) is 0 Å². The van der Waals surface area contributed by atoms with Gasteiger partial charge in [-0.05, 0) is 89.1 Å². The standard InChI is InChI=1S/C20H30N2O2/c1-20(2,3)24-19(23)22-12-4-5-17-14-16(6-7-18(17)22)13-15-8-10-21-11-9-15/h6-7,14-15,21H,4-5,8-13H2,1-3H3. The summed E-state index contributed by atoms with van der Waals surface area (Å²) in [5, 5.41) is 3.43. The Bertz CT molecular complexity index is 586. The van der Waals surface area contributed by atoms with Crippen molar-refractivity contribution in [3.63, 3.8) is 0 Å². The van der Waals surface area contributed by atoms with Crippen molar-refractivity contribution in [3.05, 3.63) is 29.3 Å². The normalized spacial score (nSPS) is 19.0. The summed E-state index contributed by atoms with van der Waals surface area (Å²) in [5.74, 6) is 0.787. The zero-order valence-corrected chi connectivity index (χ0v) is 15.2. The molecule has 0 saturated carbocycles. The molecule has 1 fully saturated rings. The van der Waals surface area contributed by atoms with E-state index in [-0.39, 0.29) is 6.09 Å². The van der Waals surface area contributed by atoms with Crippen molar-refractivity contribution in [2.75, 3.05) is 24.5 Å². The van der Waals surface area contributed by atoms with Crippen LogP contribution >= 0.6 is 0 Å². The smallest absolute Gasteiger partial charge is 0.414 e. The Morgan fingerprint density at radius 2 is 2.04 bits per heavy atom. The minimum Gasteiger partial charge on any atom is -0.443 e. The first-order valence-electron chi connectivity index (χ1n) is 9.25. The summed E-state index contributed by atoms with van der Waals surface area (Å²) in [6.07, 6.45) is 5.51. The first kappa shape index (κ1) is 17.3. The van der Waals surface area contributed by atoms with E-state index in [1.54, 1.807) is 4.90 Å². The summed E-state index contributed by atoms with van der Waals surface area (Å²) in [5.41, 5.74) is 3.28. The Balaban J connectivity index is 1.73. The van der Waals surface area contributed by atoms with E-state index in [2.05, 4.69) is 23.5 Å². The van der Waals surface area contributed by atoms with E-state index in [4.69, 9.17) is 4.74 Å². The molecule has 0 spiro atoms. The Morgan fingerprint density at radius 1 is 1.29 bits per heavy atom. The highest BCUT2D eigenvalue weighted by Gasteiger charge is 2.27. The summed E-state index contributed by atoms with van der Waals surface area (Å²) >= 11 is 0. The molecule has 2 aliphatic rings. The van der Waals surface area contributed by atoms with Crippen molar-refractivity contribution in [2.24, 2.45) is 5.92 Å². The maximum Gasteiger partial charge on any atom is 0.414 e. The maximum atomic E-state index is 12.5. The van der Waals surface area contributed by atoms with E-state index < -0.39 is 5.60 Å². The number of aryl methyl sites for hydroxylation is 1. The van der Waals surface area contributed by atoms with Crippen LogP contribution in [0.3, 0.4) is 0 Å². The molecule has 1 N–H and O–H groups in total. The van der Waals surface area contributed by atoms with Gasteiger partial charge in [0.25, 0.3) is 0 Å². The van der Waals surface area contributed by atoms with Gasteiger partial charge in [0.15, 0.2) is 0 Å². The number of carbonyl (C=O) groups is 1. The van der Waals surface area contributed by atoms with Crippen molar-refractivity contribution < 1.29 is 9.53 Å². The molecular weight excluding hydrogens is 300 g/mol. The summed E-state index contributed by atoms with van der Waals surface area (Å²) in [7, 11) is 0. The van der Waals surface area contributed by atoms with Crippen LogP contribution in [0.25, 0.3) is 0 Å². The Labute approximate surface area is 145 Å². The van der Waals surface area contributed by atoms with Crippen molar-refractivity contribution in [3.8, 4) is 0 Å². The largest absolute Gasteiger partial charge is 0.443 e. The number of benzene rings is 1. The topological polar surface area (TPSA) is 41.6 Å². The molecule has 0 unspecified atom stereocenters. The van der Waals surface area contributed by atoms with E-state index in [1.165, 1.54) is 24.0 Å². The monoisotopic (exact) mass is 330 g/mol. The minimum atomic E-state index is -0.455. The van der Waals surface area contributed by atoms with Crippen LogP contribution in [-0.4, -0.2) is 31.3 Å². The van der Waals surface area contributed by atoms with Gasteiger partial charge in [-0.25, -0.2) is 4.79 Å². The predicted octanol–water partition coefficient (Wildman–Crippen LogP) is 3.92. The van der Waals surface area contributed by atoms with Gasteiger partial charge < -0.3 is 10.1 Å². The molecule has 4 nitrogen and oxygen atoms in total. The first-order chi connectivity index (χ1) is 11.4. The Morgan fingerprint density at radius 3 is 2.75 bits per heavy atom. The molecule has 3 rings (SSSR count). The zero-order chi connectivity index (χ0) is 17.2. The molecule has 0 radical (unpaired) electrons. The molecule has 1 amide bonds. The molecule has 2 aliphatic heterocycles. The van der Waals surface area contributed by atoms with Crippen LogP contribution in [0, 0.1) is 5.92 Å². The Hall–Kier alpha value is -1.55. The van der Waals surface area contributed by atoms with Crippen LogP contribution in [0.4, 0.5) is 10.5 Å². The van der Waals surface area contributed by atoms with Crippen LogP contribution in [0.1, 0.15) is 51.2 Å². The van der Waals surface area contributed by atoms with Crippen molar-refractivity contribution in [2.45, 2.75) is 58.5 Å². The van der Waals surface area contributed by atoms with Gasteiger partial charge >= 0.3 is 6.09 Å². The fourth-order valence-electron chi connectivity index (χ4n) is 3.70. The summed E-state index contributed by atoms with van der Waals surface area (Å²) in [6, 6.07) is 6.63. The van der Waals surface area contributed by atoms with Crippen LogP contribution in [0.5, 0.6) is 0 Å². The maximum absolute atomic E-state index is 12.5. The second kappa shape index (κ2) is 7.14. The fourth-order valence-corrected chi connectivity index (χ4v) is 3.70. The van der Waals surface area contributed by atoms with Crippen molar-refractivity contribution >= 4 is 11.8 Å². The third-order valence-corrected chi connectivity index (χ3v) is 4.86. The van der Waals surface area contributed by atoms with Gasteiger partial charge in [0.2, 0.25) is 0 Å². The van der Waals surface area contributed by atoms with Gasteiger partial charge in [-0.15, -0.1) is 0 Å². The van der Waals surface area contributed by atoms with E-state index >= 15 is 0 Å². The molecule has 1 aromatic rings. The molecule has 4 heteroatoms. The van der Waals surface area contributed by atoms with E-state index in [0.29, 0.717) is 0 Å². The predicted molar refractivity (Wildman–Crippen MR) is 97.6 cm³/mol. The molecule has 132 valence electrons. The number of amides is 1. The molecule has 0 aliphatic carbocycles. The Kier molecular flexibility index (Phi) is 5.14. The number of carbonyl (C=O) groups excluding carboxylic acids is 1. The molecule has 24 heavy (non-hydrogen) atoms. The average Bonchev–Trinajstić information content (AvgIpc) is 2.53. The average molecular weight is 330 g/mol. The number of fused-ring (bicyclic) bond motifs is 1. The molecule has 1 aromatic carbocycles. The first-order valence-corrected chi connectivity index (χ1v) is 9.25. The summed E-state index contributed by atoms with van der Waals surface area (Å²) in [6.45, 7) is 8.77. The van der Waals surface area contributed by atoms with Crippen molar-refractivity contribution in [1.29, 1.82) is 0 Å². The SMILES string of the molecule is CC(C)(C)OC(=O)N1CCCc2cc(CC3CCNCC3)ccc21.